The summed E-state index contributed by atoms with van der Waals surface area (Å²) in [6.07, 6.45) is 1.51. The normalized spacial score (nSPS) is 13.4. The van der Waals surface area contributed by atoms with Crippen molar-refractivity contribution < 1.29 is 14.0 Å². The Morgan fingerprint density at radius 1 is 0.800 bits per heavy atom. The Kier molecular flexibility index (Phi) is 3.40. The average molecular weight is 390 g/mol. The van der Waals surface area contributed by atoms with Gasteiger partial charge in [-0.15, -0.1) is 0 Å². The van der Waals surface area contributed by atoms with E-state index in [4.69, 9.17) is 4.42 Å². The minimum absolute atomic E-state index is 0.111. The molecule has 2 heterocycles. The number of nitrogens with one attached hydrogen (secondary N) is 1. The molecular formula is C25H14N2O3. The molecule has 1 aliphatic rings. The van der Waals surface area contributed by atoms with Crippen LogP contribution in [0.5, 0.6) is 0 Å². The second-order valence-corrected chi connectivity index (χ2v) is 7.28. The van der Waals surface area contributed by atoms with Crippen LogP contribution in [0.1, 0.15) is 26.5 Å². The second-order valence-electron chi connectivity index (χ2n) is 7.28. The molecule has 5 heteroatoms. The molecule has 0 amide bonds. The van der Waals surface area contributed by atoms with Crippen LogP contribution in [0.25, 0.3) is 39.4 Å². The van der Waals surface area contributed by atoms with Crippen LogP contribution in [0.2, 0.25) is 0 Å². The van der Waals surface area contributed by atoms with Crippen molar-refractivity contribution in [1.29, 1.82) is 0 Å². The lowest BCUT2D eigenvalue weighted by molar-refractivity contribution is 0.0990. The molecule has 0 saturated heterocycles. The SMILES string of the molecule is O=C1C(=Cc2nc3oc(-c4ccccc4)cc3[nH]2)C(=O)c2cc3ccccc3cc21. The highest BCUT2D eigenvalue weighted by Gasteiger charge is 2.33. The number of carbonyl (C=O) groups excluding carboxylic acids is 2. The predicted octanol–water partition coefficient (Wildman–Crippen LogP) is 5.44. The molecular weight excluding hydrogens is 376 g/mol. The third-order valence-electron chi connectivity index (χ3n) is 5.40. The number of carbonyl (C=O) groups is 2. The number of hydrogen-bond acceptors (Lipinski definition) is 4. The number of benzene rings is 3. The minimum atomic E-state index is -0.279. The number of rotatable bonds is 2. The zero-order valence-corrected chi connectivity index (χ0v) is 15.7. The zero-order chi connectivity index (χ0) is 20.2. The summed E-state index contributed by atoms with van der Waals surface area (Å²) in [5.41, 5.74) is 3.08. The summed E-state index contributed by atoms with van der Waals surface area (Å²) in [7, 11) is 0. The van der Waals surface area contributed by atoms with Gasteiger partial charge in [-0.05, 0) is 29.0 Å². The molecule has 0 aliphatic heterocycles. The number of ketones is 2. The standard InChI is InChI=1S/C25H14N2O3/c28-23-17-10-15-8-4-5-9-16(15)11-18(17)24(29)19(23)12-22-26-20-13-21(30-25(20)27-22)14-6-2-1-3-7-14/h1-13H,(H,26,27). The molecule has 0 atom stereocenters. The van der Waals surface area contributed by atoms with Gasteiger partial charge in [-0.1, -0.05) is 54.6 Å². The molecule has 5 aromatic rings. The van der Waals surface area contributed by atoms with E-state index in [0.717, 1.165) is 16.3 Å². The zero-order valence-electron chi connectivity index (χ0n) is 15.7. The van der Waals surface area contributed by atoms with E-state index >= 15 is 0 Å². The molecule has 6 rings (SSSR count). The van der Waals surface area contributed by atoms with Gasteiger partial charge < -0.3 is 9.40 Å². The number of nitrogens with zero attached hydrogens (tertiary/aromatic N) is 1. The van der Waals surface area contributed by atoms with Crippen LogP contribution in [0.3, 0.4) is 0 Å². The average Bonchev–Trinajstić information content (AvgIpc) is 3.41. The number of aromatic amines is 1. The van der Waals surface area contributed by atoms with Crippen LogP contribution in [0, 0.1) is 0 Å². The molecule has 0 bridgehead atoms. The summed E-state index contributed by atoms with van der Waals surface area (Å²) in [6.45, 7) is 0. The van der Waals surface area contributed by atoms with Crippen LogP contribution >= 0.6 is 0 Å². The molecule has 0 saturated carbocycles. The molecule has 1 N–H and O–H groups in total. The van der Waals surface area contributed by atoms with Crippen molar-refractivity contribution >= 4 is 39.6 Å². The number of hydrogen-bond donors (Lipinski definition) is 1. The van der Waals surface area contributed by atoms with Gasteiger partial charge in [-0.2, -0.15) is 4.98 Å². The molecule has 0 radical (unpaired) electrons. The summed E-state index contributed by atoms with van der Waals surface area (Å²) in [5, 5.41) is 1.87. The van der Waals surface area contributed by atoms with E-state index in [1.54, 1.807) is 12.1 Å². The highest BCUT2D eigenvalue weighted by molar-refractivity contribution is 6.42. The van der Waals surface area contributed by atoms with Crippen molar-refractivity contribution in [3.05, 3.63) is 95.3 Å². The van der Waals surface area contributed by atoms with E-state index < -0.39 is 0 Å². The summed E-state index contributed by atoms with van der Waals surface area (Å²) < 4.78 is 5.83. The fraction of sp³-hybridized carbons (Fsp3) is 0. The number of furan rings is 1. The van der Waals surface area contributed by atoms with Crippen molar-refractivity contribution in [2.45, 2.75) is 0 Å². The molecule has 30 heavy (non-hydrogen) atoms. The van der Waals surface area contributed by atoms with E-state index in [2.05, 4.69) is 9.97 Å². The van der Waals surface area contributed by atoms with Crippen LogP contribution in [-0.2, 0) is 0 Å². The van der Waals surface area contributed by atoms with Gasteiger partial charge in [0.15, 0.2) is 11.6 Å². The van der Waals surface area contributed by atoms with Crippen molar-refractivity contribution in [3.8, 4) is 11.3 Å². The monoisotopic (exact) mass is 390 g/mol. The summed E-state index contributed by atoms with van der Waals surface area (Å²) in [4.78, 5) is 33.3. The number of allylic oxidation sites excluding steroid dienone is 1. The minimum Gasteiger partial charge on any atom is -0.436 e. The van der Waals surface area contributed by atoms with Gasteiger partial charge in [-0.3, -0.25) is 9.59 Å². The quantitative estimate of drug-likeness (QED) is 0.322. The third-order valence-corrected chi connectivity index (χ3v) is 5.40. The largest absolute Gasteiger partial charge is 0.436 e. The van der Waals surface area contributed by atoms with E-state index in [1.807, 2.05) is 60.7 Å². The molecule has 0 fully saturated rings. The van der Waals surface area contributed by atoms with Crippen LogP contribution in [0.15, 0.2) is 82.8 Å². The van der Waals surface area contributed by atoms with E-state index in [9.17, 15) is 9.59 Å². The van der Waals surface area contributed by atoms with Gasteiger partial charge in [0.1, 0.15) is 17.1 Å². The first kappa shape index (κ1) is 16.7. The summed E-state index contributed by atoms with van der Waals surface area (Å²) in [5.74, 6) is 0.561. The van der Waals surface area contributed by atoms with E-state index in [0.29, 0.717) is 33.9 Å². The molecule has 0 unspecified atom stereocenters. The first-order valence-corrected chi connectivity index (χ1v) is 9.56. The van der Waals surface area contributed by atoms with Crippen molar-refractivity contribution in [2.75, 3.05) is 0 Å². The number of aromatic nitrogens is 2. The van der Waals surface area contributed by atoms with Gasteiger partial charge in [-0.25, -0.2) is 0 Å². The summed E-state index contributed by atoms with van der Waals surface area (Å²) >= 11 is 0. The van der Waals surface area contributed by atoms with Crippen molar-refractivity contribution in [1.82, 2.24) is 9.97 Å². The lowest BCUT2D eigenvalue weighted by atomic mass is 10.0. The number of imidazole rings is 1. The number of H-pyrrole nitrogens is 1. The Morgan fingerprint density at radius 2 is 1.43 bits per heavy atom. The lowest BCUT2D eigenvalue weighted by Gasteiger charge is -2.00. The maximum absolute atomic E-state index is 12.9. The van der Waals surface area contributed by atoms with Gasteiger partial charge in [0.05, 0.1) is 5.57 Å². The lowest BCUT2D eigenvalue weighted by Crippen LogP contribution is -2.00. The Hall–Kier alpha value is -4.25. The highest BCUT2D eigenvalue weighted by atomic mass is 16.3. The molecule has 142 valence electrons. The van der Waals surface area contributed by atoms with Gasteiger partial charge >= 0.3 is 0 Å². The van der Waals surface area contributed by atoms with Gasteiger partial charge in [0, 0.05) is 22.8 Å². The Morgan fingerprint density at radius 3 is 2.07 bits per heavy atom. The maximum atomic E-state index is 12.9. The van der Waals surface area contributed by atoms with Crippen molar-refractivity contribution in [3.63, 3.8) is 0 Å². The van der Waals surface area contributed by atoms with Crippen LogP contribution in [-0.4, -0.2) is 21.5 Å². The molecule has 2 aromatic heterocycles. The fourth-order valence-electron chi connectivity index (χ4n) is 3.92. The topological polar surface area (TPSA) is 76.0 Å². The Balaban J connectivity index is 1.39. The Labute approximate surface area is 170 Å². The second kappa shape index (κ2) is 6.12. The molecule has 3 aromatic carbocycles. The van der Waals surface area contributed by atoms with Crippen LogP contribution in [0.4, 0.5) is 0 Å². The molecule has 5 nitrogen and oxygen atoms in total. The first-order chi connectivity index (χ1) is 14.7. The van der Waals surface area contributed by atoms with E-state index in [-0.39, 0.29) is 17.1 Å². The fourth-order valence-corrected chi connectivity index (χ4v) is 3.92. The van der Waals surface area contributed by atoms with E-state index in [1.165, 1.54) is 6.08 Å². The van der Waals surface area contributed by atoms with Crippen LogP contribution < -0.4 is 0 Å². The van der Waals surface area contributed by atoms with Crippen molar-refractivity contribution in [2.24, 2.45) is 0 Å². The number of fused-ring (bicyclic) bond motifs is 3. The van der Waals surface area contributed by atoms with Gasteiger partial charge in [0.2, 0.25) is 5.71 Å². The first-order valence-electron chi connectivity index (χ1n) is 9.56. The molecule has 0 spiro atoms. The highest BCUT2D eigenvalue weighted by Crippen LogP contribution is 2.32. The molecule has 1 aliphatic carbocycles. The smallest absolute Gasteiger partial charge is 0.245 e. The van der Waals surface area contributed by atoms with Gasteiger partial charge in [0.25, 0.3) is 0 Å². The Bertz CT molecular complexity index is 1430. The third kappa shape index (κ3) is 2.46. The number of Topliss-reactive ketones (excluding diaryl/α,β-unsaturated/α-hetero) is 2. The predicted molar refractivity (Wildman–Crippen MR) is 114 cm³/mol. The summed E-state index contributed by atoms with van der Waals surface area (Å²) in [6, 6.07) is 22.8. The maximum Gasteiger partial charge on any atom is 0.245 e.